The fourth-order valence-corrected chi connectivity index (χ4v) is 1.72. The number of carbonyl (C=O) groups is 1. The van der Waals surface area contributed by atoms with Gasteiger partial charge >= 0.3 is 0 Å². The second kappa shape index (κ2) is 8.08. The van der Waals surface area contributed by atoms with Gasteiger partial charge in [0.15, 0.2) is 0 Å². The number of hydrogen-bond donors (Lipinski definition) is 0. The SMILES string of the molecule is CCCCCCC#CC(=O)c1ccc(Br)cc1. The normalized spacial score (nSPS) is 9.53. The molecule has 1 aromatic carbocycles. The van der Waals surface area contributed by atoms with Crippen molar-refractivity contribution in [1.82, 2.24) is 0 Å². The lowest BCUT2D eigenvalue weighted by Gasteiger charge is -1.94. The molecule has 0 fully saturated rings. The quantitative estimate of drug-likeness (QED) is 0.335. The van der Waals surface area contributed by atoms with Crippen molar-refractivity contribution in [1.29, 1.82) is 0 Å². The molecule has 90 valence electrons. The molecular formula is C15H17BrO. The second-order valence-corrected chi connectivity index (χ2v) is 4.86. The predicted molar refractivity (Wildman–Crippen MR) is 75.0 cm³/mol. The minimum Gasteiger partial charge on any atom is -0.279 e. The lowest BCUT2D eigenvalue weighted by Crippen LogP contribution is -1.93. The Morgan fingerprint density at radius 2 is 1.88 bits per heavy atom. The van der Waals surface area contributed by atoms with Crippen LogP contribution in [0, 0.1) is 11.8 Å². The van der Waals surface area contributed by atoms with Crippen LogP contribution in [0.1, 0.15) is 49.4 Å². The van der Waals surface area contributed by atoms with Crippen molar-refractivity contribution in [2.24, 2.45) is 0 Å². The van der Waals surface area contributed by atoms with Crippen molar-refractivity contribution in [3.63, 3.8) is 0 Å². The summed E-state index contributed by atoms with van der Waals surface area (Å²) in [6.45, 7) is 2.18. The Morgan fingerprint density at radius 1 is 1.18 bits per heavy atom. The van der Waals surface area contributed by atoms with Gasteiger partial charge in [-0.3, -0.25) is 4.79 Å². The van der Waals surface area contributed by atoms with Crippen LogP contribution in [-0.2, 0) is 0 Å². The first-order chi connectivity index (χ1) is 8.24. The summed E-state index contributed by atoms with van der Waals surface area (Å²) in [6, 6.07) is 7.29. The molecule has 0 heterocycles. The van der Waals surface area contributed by atoms with Crippen LogP contribution in [0.4, 0.5) is 0 Å². The number of rotatable bonds is 5. The molecule has 2 heteroatoms. The molecule has 0 aliphatic rings. The van der Waals surface area contributed by atoms with Crippen molar-refractivity contribution in [3.8, 4) is 11.8 Å². The van der Waals surface area contributed by atoms with E-state index in [0.717, 1.165) is 17.3 Å². The maximum atomic E-state index is 11.7. The summed E-state index contributed by atoms with van der Waals surface area (Å²) in [5, 5.41) is 0. The summed E-state index contributed by atoms with van der Waals surface area (Å²) in [4.78, 5) is 11.7. The molecule has 0 amide bonds. The van der Waals surface area contributed by atoms with Crippen LogP contribution in [0.25, 0.3) is 0 Å². The number of hydrogen-bond acceptors (Lipinski definition) is 1. The van der Waals surface area contributed by atoms with Gasteiger partial charge in [-0.05, 0) is 36.6 Å². The maximum absolute atomic E-state index is 11.7. The first-order valence-electron chi connectivity index (χ1n) is 6.03. The summed E-state index contributed by atoms with van der Waals surface area (Å²) in [5.41, 5.74) is 0.661. The molecule has 0 atom stereocenters. The summed E-state index contributed by atoms with van der Waals surface area (Å²) >= 11 is 3.34. The Morgan fingerprint density at radius 3 is 2.53 bits per heavy atom. The number of ketones is 1. The van der Waals surface area contributed by atoms with Crippen LogP contribution < -0.4 is 0 Å². The first kappa shape index (κ1) is 14.0. The standard InChI is InChI=1S/C15H17BrO/c1-2-3-4-5-6-7-8-15(17)13-9-11-14(16)12-10-13/h9-12H,2-6H2,1H3. The zero-order chi connectivity index (χ0) is 12.5. The van der Waals surface area contributed by atoms with Crippen LogP contribution in [-0.4, -0.2) is 5.78 Å². The lowest BCUT2D eigenvalue weighted by atomic mass is 10.1. The zero-order valence-corrected chi connectivity index (χ0v) is 11.7. The van der Waals surface area contributed by atoms with Gasteiger partial charge in [0.1, 0.15) is 0 Å². The summed E-state index contributed by atoms with van der Waals surface area (Å²) in [7, 11) is 0. The van der Waals surface area contributed by atoms with Crippen molar-refractivity contribution in [3.05, 3.63) is 34.3 Å². The van der Waals surface area contributed by atoms with Gasteiger partial charge in [-0.25, -0.2) is 0 Å². The smallest absolute Gasteiger partial charge is 0.235 e. The van der Waals surface area contributed by atoms with Crippen LogP contribution in [0.2, 0.25) is 0 Å². The van der Waals surface area contributed by atoms with Gasteiger partial charge in [0.2, 0.25) is 5.78 Å². The van der Waals surface area contributed by atoms with E-state index in [1.807, 2.05) is 12.1 Å². The topological polar surface area (TPSA) is 17.1 Å². The monoisotopic (exact) mass is 292 g/mol. The third kappa shape index (κ3) is 5.70. The molecule has 0 N–H and O–H groups in total. The molecule has 0 aliphatic carbocycles. The van der Waals surface area contributed by atoms with E-state index in [4.69, 9.17) is 0 Å². The third-order valence-corrected chi connectivity index (χ3v) is 2.99. The average Bonchev–Trinajstić information content (AvgIpc) is 2.34. The Kier molecular flexibility index (Phi) is 6.65. The highest BCUT2D eigenvalue weighted by atomic mass is 79.9. The van der Waals surface area contributed by atoms with E-state index in [0.29, 0.717) is 5.56 Å². The van der Waals surface area contributed by atoms with Gasteiger partial charge in [0, 0.05) is 16.5 Å². The minimum atomic E-state index is -0.0898. The molecule has 0 aliphatic heterocycles. The Balaban J connectivity index is 2.39. The van der Waals surface area contributed by atoms with Crippen molar-refractivity contribution < 1.29 is 4.79 Å². The van der Waals surface area contributed by atoms with Gasteiger partial charge in [-0.2, -0.15) is 0 Å². The molecule has 0 saturated heterocycles. The maximum Gasteiger partial charge on any atom is 0.235 e. The van der Waals surface area contributed by atoms with Crippen LogP contribution in [0.15, 0.2) is 28.7 Å². The lowest BCUT2D eigenvalue weighted by molar-refractivity contribution is 0.105. The number of carbonyl (C=O) groups excluding carboxylic acids is 1. The van der Waals surface area contributed by atoms with Crippen LogP contribution in [0.3, 0.4) is 0 Å². The Bertz CT molecular complexity index is 409. The van der Waals surface area contributed by atoms with E-state index < -0.39 is 0 Å². The Hall–Kier alpha value is -1.07. The number of benzene rings is 1. The molecular weight excluding hydrogens is 276 g/mol. The molecule has 0 radical (unpaired) electrons. The highest BCUT2D eigenvalue weighted by Gasteiger charge is 2.00. The fourth-order valence-electron chi connectivity index (χ4n) is 1.46. The molecule has 0 aromatic heterocycles. The van der Waals surface area contributed by atoms with E-state index in [1.54, 1.807) is 12.1 Å². The largest absolute Gasteiger partial charge is 0.279 e. The molecule has 0 saturated carbocycles. The first-order valence-corrected chi connectivity index (χ1v) is 6.82. The minimum absolute atomic E-state index is 0.0898. The van der Waals surface area contributed by atoms with E-state index in [-0.39, 0.29) is 5.78 Å². The van der Waals surface area contributed by atoms with Gasteiger partial charge in [0.25, 0.3) is 0 Å². The van der Waals surface area contributed by atoms with E-state index in [2.05, 4.69) is 34.7 Å². The second-order valence-electron chi connectivity index (χ2n) is 3.95. The van der Waals surface area contributed by atoms with Gasteiger partial charge in [0.05, 0.1) is 0 Å². The molecule has 17 heavy (non-hydrogen) atoms. The number of Topliss-reactive ketones (excluding diaryl/α,β-unsaturated/α-hetero) is 1. The van der Waals surface area contributed by atoms with Crippen LogP contribution >= 0.6 is 15.9 Å². The average molecular weight is 293 g/mol. The van der Waals surface area contributed by atoms with Crippen molar-refractivity contribution in [2.75, 3.05) is 0 Å². The van der Waals surface area contributed by atoms with Crippen molar-refractivity contribution in [2.45, 2.75) is 39.0 Å². The van der Waals surface area contributed by atoms with Crippen molar-refractivity contribution >= 4 is 21.7 Å². The molecule has 0 spiro atoms. The summed E-state index contributed by atoms with van der Waals surface area (Å²) < 4.78 is 0.974. The third-order valence-electron chi connectivity index (χ3n) is 2.46. The molecule has 1 rings (SSSR count). The summed E-state index contributed by atoms with van der Waals surface area (Å²) in [6.07, 6.45) is 5.60. The molecule has 0 unspecified atom stereocenters. The number of halogens is 1. The van der Waals surface area contributed by atoms with E-state index in [9.17, 15) is 4.79 Å². The van der Waals surface area contributed by atoms with Gasteiger partial charge in [-0.1, -0.05) is 48.0 Å². The molecule has 1 nitrogen and oxygen atoms in total. The van der Waals surface area contributed by atoms with Gasteiger partial charge < -0.3 is 0 Å². The van der Waals surface area contributed by atoms with Crippen LogP contribution in [0.5, 0.6) is 0 Å². The predicted octanol–water partition coefficient (Wildman–Crippen LogP) is 4.61. The highest BCUT2D eigenvalue weighted by Crippen LogP contribution is 2.10. The van der Waals surface area contributed by atoms with Gasteiger partial charge in [-0.15, -0.1) is 0 Å². The van der Waals surface area contributed by atoms with E-state index in [1.165, 1.54) is 19.3 Å². The summed E-state index contributed by atoms with van der Waals surface area (Å²) in [5.74, 6) is 5.55. The zero-order valence-electron chi connectivity index (χ0n) is 10.1. The van der Waals surface area contributed by atoms with E-state index >= 15 is 0 Å². The fraction of sp³-hybridized carbons (Fsp3) is 0.400. The molecule has 0 bridgehead atoms. The number of unbranched alkanes of at least 4 members (excludes halogenated alkanes) is 4. The molecule has 1 aromatic rings. The highest BCUT2D eigenvalue weighted by molar-refractivity contribution is 9.10. The Labute approximate surface area is 112 Å².